The van der Waals surface area contributed by atoms with Crippen LogP contribution < -0.4 is 0 Å². The second-order valence-corrected chi connectivity index (χ2v) is 9.18. The van der Waals surface area contributed by atoms with Crippen molar-refractivity contribution in [3.63, 3.8) is 0 Å². The number of halogens is 3. The molecule has 77 valence electrons. The van der Waals surface area contributed by atoms with Gasteiger partial charge in [0, 0.05) is 6.42 Å². The zero-order chi connectivity index (χ0) is 9.68. The Morgan fingerprint density at radius 3 is 2.46 bits per heavy atom. The summed E-state index contributed by atoms with van der Waals surface area (Å²) in [5.74, 6) is 0.741. The summed E-state index contributed by atoms with van der Waals surface area (Å²) in [6, 6.07) is 2.65. The first-order chi connectivity index (χ1) is 6.18. The third kappa shape index (κ3) is 5.11. The van der Waals surface area contributed by atoms with Crippen LogP contribution in [0.4, 0.5) is 8.78 Å². The van der Waals surface area contributed by atoms with Crippen molar-refractivity contribution in [2.75, 3.05) is 0 Å². The highest BCUT2D eigenvalue weighted by atomic mass is 79.9. The molecule has 0 aromatic heterocycles. The van der Waals surface area contributed by atoms with Crippen molar-refractivity contribution in [1.29, 1.82) is 0 Å². The predicted octanol–water partition coefficient (Wildman–Crippen LogP) is 4.22. The van der Waals surface area contributed by atoms with Crippen LogP contribution in [0.15, 0.2) is 0 Å². The molecular weight excluding hydrogens is 254 g/mol. The molecule has 0 aromatic rings. The van der Waals surface area contributed by atoms with Crippen LogP contribution >= 0.6 is 15.3 Å². The van der Waals surface area contributed by atoms with Crippen molar-refractivity contribution in [2.45, 2.75) is 50.6 Å². The maximum Gasteiger partial charge on any atom is 0.238 e. The third-order valence-electron chi connectivity index (χ3n) is 2.68. The lowest BCUT2D eigenvalue weighted by molar-refractivity contribution is 0.131. The largest absolute Gasteiger partial charge is 0.238 e. The zero-order valence-corrected chi connectivity index (χ0v) is 10.3. The second kappa shape index (κ2) is 6.12. The van der Waals surface area contributed by atoms with Crippen molar-refractivity contribution in [3.05, 3.63) is 0 Å². The number of hydrogen-bond donors (Lipinski definition) is 0. The molecule has 0 N–H and O–H groups in total. The summed E-state index contributed by atoms with van der Waals surface area (Å²) in [7, 11) is -0.202. The number of hydrogen-bond acceptors (Lipinski definition) is 0. The molecule has 1 aliphatic rings. The zero-order valence-electron chi connectivity index (χ0n) is 7.74. The van der Waals surface area contributed by atoms with Crippen LogP contribution in [0.2, 0.25) is 12.1 Å². The van der Waals surface area contributed by atoms with Gasteiger partial charge in [0.2, 0.25) is 6.43 Å². The highest BCUT2D eigenvalue weighted by molar-refractivity contribution is 9.24. The molecule has 0 nitrogen and oxygen atoms in total. The van der Waals surface area contributed by atoms with Gasteiger partial charge >= 0.3 is 0 Å². The SMILES string of the molecule is FC(F)CCCC1CC[Si](Br)CC1. The molecule has 0 aliphatic carbocycles. The summed E-state index contributed by atoms with van der Waals surface area (Å²) in [5, 5.41) is 0. The van der Waals surface area contributed by atoms with Crippen LogP contribution in [0.5, 0.6) is 0 Å². The van der Waals surface area contributed by atoms with Gasteiger partial charge in [0.05, 0.1) is 0 Å². The molecule has 1 radical (unpaired) electrons. The third-order valence-corrected chi connectivity index (χ3v) is 6.72. The van der Waals surface area contributed by atoms with Crippen molar-refractivity contribution in [3.8, 4) is 0 Å². The minimum atomic E-state index is -2.10. The van der Waals surface area contributed by atoms with Gasteiger partial charge in [0.25, 0.3) is 0 Å². The monoisotopic (exact) mass is 269 g/mol. The van der Waals surface area contributed by atoms with E-state index in [4.69, 9.17) is 0 Å². The fraction of sp³-hybridized carbons (Fsp3) is 1.00. The number of rotatable bonds is 4. The molecule has 0 aromatic carbocycles. The van der Waals surface area contributed by atoms with Gasteiger partial charge in [0.15, 0.2) is 0 Å². The van der Waals surface area contributed by atoms with Crippen LogP contribution in [-0.4, -0.2) is 13.8 Å². The first kappa shape index (κ1) is 11.6. The normalized spacial score (nSPS) is 21.2. The molecule has 4 heteroatoms. The van der Waals surface area contributed by atoms with E-state index in [2.05, 4.69) is 15.3 Å². The van der Waals surface area contributed by atoms with Crippen molar-refractivity contribution < 1.29 is 8.78 Å². The highest BCUT2D eigenvalue weighted by Gasteiger charge is 2.20. The quantitative estimate of drug-likeness (QED) is 0.530. The van der Waals surface area contributed by atoms with Gasteiger partial charge in [-0.3, -0.25) is 0 Å². The maximum absolute atomic E-state index is 11.8. The van der Waals surface area contributed by atoms with Gasteiger partial charge < -0.3 is 0 Å². The molecule has 1 fully saturated rings. The first-order valence-corrected chi connectivity index (χ1v) is 9.14. The Labute approximate surface area is 88.3 Å². The molecule has 0 amide bonds. The van der Waals surface area contributed by atoms with Crippen LogP contribution in [-0.2, 0) is 0 Å². The van der Waals surface area contributed by atoms with Crippen molar-refractivity contribution in [2.24, 2.45) is 5.92 Å². The Morgan fingerprint density at radius 2 is 1.92 bits per heavy atom. The van der Waals surface area contributed by atoms with E-state index in [-0.39, 0.29) is 13.8 Å². The lowest BCUT2D eigenvalue weighted by Gasteiger charge is -2.23. The predicted molar refractivity (Wildman–Crippen MR) is 56.9 cm³/mol. The molecule has 1 saturated heterocycles. The fourth-order valence-electron chi connectivity index (χ4n) is 1.84. The van der Waals surface area contributed by atoms with E-state index in [1.54, 1.807) is 0 Å². The maximum atomic E-state index is 11.8. The summed E-state index contributed by atoms with van der Waals surface area (Å²) in [5.41, 5.74) is 0. The van der Waals surface area contributed by atoms with Gasteiger partial charge in [-0.2, -0.15) is 0 Å². The summed E-state index contributed by atoms with van der Waals surface area (Å²) in [6.07, 6.45) is 2.27. The molecule has 0 spiro atoms. The lowest BCUT2D eigenvalue weighted by Crippen LogP contribution is -2.15. The Kier molecular flexibility index (Phi) is 5.47. The first-order valence-electron chi connectivity index (χ1n) is 4.97. The van der Waals surface area contributed by atoms with Crippen molar-refractivity contribution >= 4 is 22.7 Å². The van der Waals surface area contributed by atoms with Crippen molar-refractivity contribution in [1.82, 2.24) is 0 Å². The van der Waals surface area contributed by atoms with E-state index >= 15 is 0 Å². The molecule has 0 unspecified atom stereocenters. The average molecular weight is 270 g/mol. The van der Waals surface area contributed by atoms with E-state index in [1.165, 1.54) is 24.9 Å². The molecule has 1 aliphatic heterocycles. The molecule has 0 bridgehead atoms. The highest BCUT2D eigenvalue weighted by Crippen LogP contribution is 2.31. The summed E-state index contributed by atoms with van der Waals surface area (Å²) in [6.45, 7) is 0. The summed E-state index contributed by atoms with van der Waals surface area (Å²) in [4.78, 5) is 0. The molecular formula is C9H16BrF2Si. The van der Waals surface area contributed by atoms with Crippen LogP contribution in [0.3, 0.4) is 0 Å². The Bertz CT molecular complexity index is 136. The van der Waals surface area contributed by atoms with E-state index in [0.29, 0.717) is 6.42 Å². The van der Waals surface area contributed by atoms with Gasteiger partial charge in [-0.05, 0) is 24.4 Å². The second-order valence-electron chi connectivity index (χ2n) is 3.78. The van der Waals surface area contributed by atoms with Crippen LogP contribution in [0.1, 0.15) is 32.1 Å². The van der Waals surface area contributed by atoms with Crippen LogP contribution in [0, 0.1) is 5.92 Å². The summed E-state index contributed by atoms with van der Waals surface area (Å²) < 4.78 is 23.7. The van der Waals surface area contributed by atoms with E-state index < -0.39 is 6.43 Å². The lowest BCUT2D eigenvalue weighted by atomic mass is 9.96. The minimum absolute atomic E-state index is 0.0998. The molecule has 13 heavy (non-hydrogen) atoms. The Hall–Kier alpha value is 0.557. The topological polar surface area (TPSA) is 0 Å². The van der Waals surface area contributed by atoms with E-state index in [9.17, 15) is 8.78 Å². The number of alkyl halides is 2. The smallest absolute Gasteiger partial charge is 0.211 e. The molecule has 0 atom stereocenters. The van der Waals surface area contributed by atoms with Crippen LogP contribution in [0.25, 0.3) is 0 Å². The molecule has 1 rings (SSSR count). The summed E-state index contributed by atoms with van der Waals surface area (Å²) >= 11 is 3.69. The fourth-order valence-corrected chi connectivity index (χ4v) is 4.91. The average Bonchev–Trinajstić information content (AvgIpc) is 2.08. The van der Waals surface area contributed by atoms with Gasteiger partial charge in [-0.1, -0.05) is 19.3 Å². The molecule has 1 heterocycles. The van der Waals surface area contributed by atoms with E-state index in [1.807, 2.05) is 0 Å². The Balaban J connectivity index is 2.02. The van der Waals surface area contributed by atoms with Gasteiger partial charge in [-0.25, -0.2) is 8.78 Å². The minimum Gasteiger partial charge on any atom is -0.211 e. The van der Waals surface area contributed by atoms with E-state index in [0.717, 1.165) is 12.3 Å². The molecule has 0 saturated carbocycles. The van der Waals surface area contributed by atoms with Gasteiger partial charge in [0.1, 0.15) is 7.42 Å². The standard InChI is InChI=1S/C9H16BrF2Si/c10-13-6-4-8(5-7-13)2-1-3-9(11)12/h8-9H,1-7H2. The van der Waals surface area contributed by atoms with Gasteiger partial charge in [-0.15, -0.1) is 15.3 Å². The Morgan fingerprint density at radius 1 is 1.31 bits per heavy atom.